The van der Waals surface area contributed by atoms with E-state index in [0.717, 1.165) is 44.3 Å². The molecular weight excluding hydrogens is 359 g/mol. The first-order valence-electron chi connectivity index (χ1n) is 9.02. The highest BCUT2D eigenvalue weighted by Crippen LogP contribution is 2.33. The molecule has 0 bridgehead atoms. The second-order valence-electron chi connectivity index (χ2n) is 7.11. The molecule has 1 aliphatic carbocycles. The Morgan fingerprint density at radius 2 is 1.84 bits per heavy atom. The number of anilines is 1. The fourth-order valence-corrected chi connectivity index (χ4v) is 4.43. The van der Waals surface area contributed by atoms with Gasteiger partial charge in [0.1, 0.15) is 5.82 Å². The summed E-state index contributed by atoms with van der Waals surface area (Å²) in [6, 6.07) is 6.65. The van der Waals surface area contributed by atoms with Gasteiger partial charge in [-0.1, -0.05) is 18.9 Å². The minimum absolute atomic E-state index is 0. The largest absolute Gasteiger partial charge is 0.353 e. The number of piperazine rings is 1. The van der Waals surface area contributed by atoms with Crippen LogP contribution in [0.4, 0.5) is 5.82 Å². The summed E-state index contributed by atoms with van der Waals surface area (Å²) in [7, 11) is 0. The lowest BCUT2D eigenvalue weighted by Crippen LogP contribution is -2.53. The van der Waals surface area contributed by atoms with E-state index in [2.05, 4.69) is 20.1 Å². The third kappa shape index (κ3) is 4.39. The molecule has 2 saturated heterocycles. The highest BCUT2D eigenvalue weighted by molar-refractivity contribution is 5.85. The average Bonchev–Trinajstić information content (AvgIpc) is 3.06. The number of rotatable bonds is 2. The molecule has 2 aliphatic heterocycles. The quantitative estimate of drug-likeness (QED) is 0.847. The van der Waals surface area contributed by atoms with Gasteiger partial charge in [-0.2, -0.15) is 0 Å². The topological polar surface area (TPSA) is 48.5 Å². The van der Waals surface area contributed by atoms with Gasteiger partial charge in [0.15, 0.2) is 0 Å². The molecule has 4 rings (SSSR count). The number of nitrogens with one attached hydrogen (secondary N) is 1. The number of aromatic nitrogens is 1. The lowest BCUT2D eigenvalue weighted by atomic mass is 9.85. The van der Waals surface area contributed by atoms with E-state index in [1.54, 1.807) is 0 Å². The third-order valence-electron chi connectivity index (χ3n) is 5.73. The van der Waals surface area contributed by atoms with Crippen molar-refractivity contribution in [1.82, 2.24) is 15.2 Å². The predicted octanol–water partition coefficient (Wildman–Crippen LogP) is 2.49. The molecule has 0 aromatic carbocycles. The molecule has 0 radical (unpaired) electrons. The molecule has 3 heterocycles. The van der Waals surface area contributed by atoms with Gasteiger partial charge in [-0.25, -0.2) is 4.98 Å². The van der Waals surface area contributed by atoms with E-state index in [1.165, 1.54) is 25.7 Å². The zero-order valence-corrected chi connectivity index (χ0v) is 16.1. The van der Waals surface area contributed by atoms with Gasteiger partial charge >= 0.3 is 0 Å². The van der Waals surface area contributed by atoms with Crippen molar-refractivity contribution in [1.29, 1.82) is 0 Å². The van der Waals surface area contributed by atoms with Gasteiger partial charge in [0.05, 0.1) is 6.04 Å². The lowest BCUT2D eigenvalue weighted by Gasteiger charge is -2.36. The Morgan fingerprint density at radius 1 is 1.08 bits per heavy atom. The Labute approximate surface area is 162 Å². The lowest BCUT2D eigenvalue weighted by molar-refractivity contribution is -0.133. The van der Waals surface area contributed by atoms with Crippen molar-refractivity contribution >= 4 is 36.5 Å². The Bertz CT molecular complexity index is 537. The van der Waals surface area contributed by atoms with Crippen molar-refractivity contribution in [3.63, 3.8) is 0 Å². The summed E-state index contributed by atoms with van der Waals surface area (Å²) < 4.78 is 0. The normalized spacial score (nSPS) is 28.6. The van der Waals surface area contributed by atoms with Crippen molar-refractivity contribution in [2.75, 3.05) is 31.1 Å². The Morgan fingerprint density at radius 3 is 2.52 bits per heavy atom. The molecule has 3 unspecified atom stereocenters. The number of amides is 1. The van der Waals surface area contributed by atoms with E-state index in [4.69, 9.17) is 0 Å². The maximum atomic E-state index is 12.8. The van der Waals surface area contributed by atoms with Crippen LogP contribution in [-0.4, -0.2) is 54.1 Å². The molecule has 5 nitrogen and oxygen atoms in total. The minimum Gasteiger partial charge on any atom is -0.353 e. The van der Waals surface area contributed by atoms with Gasteiger partial charge in [-0.3, -0.25) is 4.79 Å². The zero-order valence-electron chi connectivity index (χ0n) is 14.5. The molecule has 1 aromatic rings. The van der Waals surface area contributed by atoms with Crippen molar-refractivity contribution in [2.45, 2.75) is 44.2 Å². The first-order chi connectivity index (χ1) is 11.3. The van der Waals surface area contributed by atoms with E-state index in [-0.39, 0.29) is 30.9 Å². The molecule has 1 N–H and O–H groups in total. The zero-order chi connectivity index (χ0) is 15.6. The number of nitrogens with zero attached hydrogens (tertiary/aromatic N) is 3. The van der Waals surface area contributed by atoms with Crippen LogP contribution in [0.25, 0.3) is 0 Å². The van der Waals surface area contributed by atoms with Gasteiger partial charge in [0.25, 0.3) is 0 Å². The molecule has 1 aromatic heterocycles. The van der Waals surface area contributed by atoms with Crippen molar-refractivity contribution in [2.24, 2.45) is 5.92 Å². The molecule has 1 amide bonds. The molecule has 1 saturated carbocycles. The van der Waals surface area contributed by atoms with Crippen LogP contribution in [0.5, 0.6) is 0 Å². The standard InChI is InChI=1S/C18H26N4O.2ClH/c23-18(16-13-14-5-1-2-6-15(14)20-16)22-11-9-21(10-12-22)17-7-3-4-8-19-17;;/h3-4,7-8,14-16,20H,1-2,5-6,9-13H2;2*1H. The second-order valence-corrected chi connectivity index (χ2v) is 7.11. The van der Waals surface area contributed by atoms with Crippen molar-refractivity contribution in [3.8, 4) is 0 Å². The third-order valence-corrected chi connectivity index (χ3v) is 5.73. The highest BCUT2D eigenvalue weighted by atomic mass is 35.5. The van der Waals surface area contributed by atoms with Crippen molar-refractivity contribution in [3.05, 3.63) is 24.4 Å². The smallest absolute Gasteiger partial charge is 0.239 e. The molecule has 3 aliphatic rings. The average molecular weight is 387 g/mol. The fraction of sp³-hybridized carbons (Fsp3) is 0.667. The summed E-state index contributed by atoms with van der Waals surface area (Å²) >= 11 is 0. The van der Waals surface area contributed by atoms with Crippen LogP contribution in [0, 0.1) is 5.92 Å². The number of fused-ring (bicyclic) bond motifs is 1. The first-order valence-corrected chi connectivity index (χ1v) is 9.02. The van der Waals surface area contributed by atoms with Gasteiger partial charge in [-0.05, 0) is 37.3 Å². The molecule has 140 valence electrons. The summed E-state index contributed by atoms with van der Waals surface area (Å²) in [6.45, 7) is 3.37. The van der Waals surface area contributed by atoms with E-state index >= 15 is 0 Å². The second kappa shape index (κ2) is 9.06. The summed E-state index contributed by atoms with van der Waals surface area (Å²) in [6.07, 6.45) is 8.09. The number of pyridine rings is 1. The summed E-state index contributed by atoms with van der Waals surface area (Å²) in [5, 5.41) is 3.62. The molecule has 25 heavy (non-hydrogen) atoms. The SMILES string of the molecule is Cl.Cl.O=C(C1CC2CCCCC2N1)N1CCN(c2ccccn2)CC1. The molecule has 0 spiro atoms. The Balaban J connectivity index is 0.00000113. The maximum Gasteiger partial charge on any atom is 0.239 e. The van der Waals surface area contributed by atoms with Gasteiger partial charge in [-0.15, -0.1) is 24.8 Å². The minimum atomic E-state index is 0. The van der Waals surface area contributed by atoms with Gasteiger partial charge in [0, 0.05) is 38.4 Å². The number of carbonyl (C=O) groups excluding carboxylic acids is 1. The summed E-state index contributed by atoms with van der Waals surface area (Å²) in [5.41, 5.74) is 0. The van der Waals surface area contributed by atoms with E-state index in [1.807, 2.05) is 24.4 Å². The molecule has 3 fully saturated rings. The van der Waals surface area contributed by atoms with E-state index < -0.39 is 0 Å². The number of hydrogen-bond donors (Lipinski definition) is 1. The van der Waals surface area contributed by atoms with E-state index in [0.29, 0.717) is 11.9 Å². The van der Waals surface area contributed by atoms with E-state index in [9.17, 15) is 4.79 Å². The summed E-state index contributed by atoms with van der Waals surface area (Å²) in [4.78, 5) is 21.5. The number of hydrogen-bond acceptors (Lipinski definition) is 4. The van der Waals surface area contributed by atoms with Crippen LogP contribution in [0.3, 0.4) is 0 Å². The highest BCUT2D eigenvalue weighted by Gasteiger charge is 2.40. The maximum absolute atomic E-state index is 12.8. The number of carbonyl (C=O) groups is 1. The molecule has 7 heteroatoms. The Hall–Kier alpha value is -1.04. The van der Waals surface area contributed by atoms with Crippen LogP contribution in [0.2, 0.25) is 0 Å². The predicted molar refractivity (Wildman–Crippen MR) is 105 cm³/mol. The van der Waals surface area contributed by atoms with Crippen LogP contribution in [0.1, 0.15) is 32.1 Å². The first kappa shape index (κ1) is 20.3. The fourth-order valence-electron chi connectivity index (χ4n) is 4.43. The monoisotopic (exact) mass is 386 g/mol. The van der Waals surface area contributed by atoms with Crippen LogP contribution in [0.15, 0.2) is 24.4 Å². The number of halogens is 2. The molecular formula is C18H28Cl2N4O. The van der Waals surface area contributed by atoms with Crippen molar-refractivity contribution < 1.29 is 4.79 Å². The summed E-state index contributed by atoms with van der Waals surface area (Å²) in [5.74, 6) is 2.07. The molecule has 3 atom stereocenters. The Kier molecular flexibility index (Phi) is 7.35. The van der Waals surface area contributed by atoms with Gasteiger partial charge in [0.2, 0.25) is 5.91 Å². The van der Waals surface area contributed by atoms with Crippen LogP contribution in [-0.2, 0) is 4.79 Å². The van der Waals surface area contributed by atoms with Crippen LogP contribution < -0.4 is 10.2 Å². The van der Waals surface area contributed by atoms with Crippen LogP contribution >= 0.6 is 24.8 Å². The van der Waals surface area contributed by atoms with Gasteiger partial charge < -0.3 is 15.1 Å².